The molecule has 1 aliphatic heterocycles. The fourth-order valence-corrected chi connectivity index (χ4v) is 4.25. The molecule has 35 heavy (non-hydrogen) atoms. The average Bonchev–Trinajstić information content (AvgIpc) is 3.50. The molecule has 1 aliphatic rings. The van der Waals surface area contributed by atoms with Gasteiger partial charge in [0.15, 0.2) is 0 Å². The molecule has 3 N–H and O–H groups in total. The van der Waals surface area contributed by atoms with Crippen molar-refractivity contribution in [3.05, 3.63) is 93.1 Å². The smallest absolute Gasteiger partial charge is 0.273 e. The SMILES string of the molecule is COc1ccc(-c2[nH]nc3c2C(c2ccc(-c4cccc([N+](=O)[O-])c4C)o2)C(C#N)=C(N)O3)cc1. The highest BCUT2D eigenvalue weighted by Crippen LogP contribution is 2.47. The van der Waals surface area contributed by atoms with Gasteiger partial charge in [-0.25, -0.2) is 0 Å². The van der Waals surface area contributed by atoms with Gasteiger partial charge >= 0.3 is 0 Å². The minimum Gasteiger partial charge on any atom is -0.497 e. The van der Waals surface area contributed by atoms with Crippen molar-refractivity contribution in [2.24, 2.45) is 5.73 Å². The number of ether oxygens (including phenoxy) is 2. The maximum Gasteiger partial charge on any atom is 0.273 e. The molecule has 0 bridgehead atoms. The standard InChI is InChI=1S/C25H19N5O5/c1-13-16(4-3-5-18(13)30(31)32)19-10-11-20(34-19)21-17(12-26)24(27)35-25-22(21)23(28-29-25)14-6-8-15(33-2)9-7-14/h3-11,21H,27H2,1-2H3,(H,28,29). The zero-order valence-corrected chi connectivity index (χ0v) is 18.7. The number of rotatable bonds is 5. The number of hydrogen-bond acceptors (Lipinski definition) is 8. The van der Waals surface area contributed by atoms with Crippen molar-refractivity contribution in [3.8, 4) is 40.3 Å². The third-order valence-electron chi connectivity index (χ3n) is 6.00. The van der Waals surface area contributed by atoms with Crippen LogP contribution in [-0.4, -0.2) is 22.2 Å². The Bertz CT molecular complexity index is 1520. The monoisotopic (exact) mass is 469 g/mol. The summed E-state index contributed by atoms with van der Waals surface area (Å²) in [6.45, 7) is 1.67. The molecule has 0 aliphatic carbocycles. The van der Waals surface area contributed by atoms with Gasteiger partial charge in [-0.1, -0.05) is 12.1 Å². The van der Waals surface area contributed by atoms with E-state index in [1.165, 1.54) is 6.07 Å². The Balaban J connectivity index is 1.64. The van der Waals surface area contributed by atoms with Crippen LogP contribution in [0.25, 0.3) is 22.6 Å². The lowest BCUT2D eigenvalue weighted by atomic mass is 9.86. The molecule has 0 radical (unpaired) electrons. The molecule has 0 fully saturated rings. The highest BCUT2D eigenvalue weighted by atomic mass is 16.6. The van der Waals surface area contributed by atoms with Gasteiger partial charge in [0.1, 0.15) is 28.9 Å². The lowest BCUT2D eigenvalue weighted by molar-refractivity contribution is -0.385. The molecular formula is C25H19N5O5. The van der Waals surface area contributed by atoms with Gasteiger partial charge < -0.3 is 19.6 Å². The number of methoxy groups -OCH3 is 1. The molecule has 0 saturated carbocycles. The molecule has 5 rings (SSSR count). The summed E-state index contributed by atoms with van der Waals surface area (Å²) in [5.74, 6) is 1.02. The normalized spacial score (nSPS) is 14.7. The van der Waals surface area contributed by atoms with Crippen molar-refractivity contribution in [1.82, 2.24) is 10.2 Å². The number of furan rings is 1. The Morgan fingerprint density at radius 3 is 2.66 bits per heavy atom. The summed E-state index contributed by atoms with van der Waals surface area (Å²) in [6, 6.07) is 17.7. The van der Waals surface area contributed by atoms with Crippen LogP contribution in [0.15, 0.2) is 70.5 Å². The number of allylic oxidation sites excluding steroid dienone is 1. The molecule has 10 nitrogen and oxygen atoms in total. The van der Waals surface area contributed by atoms with Gasteiger partial charge in [-0.3, -0.25) is 15.2 Å². The molecule has 2 aromatic carbocycles. The molecule has 1 atom stereocenters. The number of hydrogen-bond donors (Lipinski definition) is 2. The molecule has 2 aromatic heterocycles. The molecule has 4 aromatic rings. The fraction of sp³-hybridized carbons (Fsp3) is 0.120. The number of nitrogens with two attached hydrogens (primary N) is 1. The van der Waals surface area contributed by atoms with Gasteiger partial charge in [0.05, 0.1) is 29.2 Å². The van der Waals surface area contributed by atoms with Gasteiger partial charge in [-0.15, -0.1) is 5.10 Å². The first kappa shape index (κ1) is 21.8. The lowest BCUT2D eigenvalue weighted by Gasteiger charge is -2.22. The van der Waals surface area contributed by atoms with Crippen molar-refractivity contribution >= 4 is 5.69 Å². The van der Waals surface area contributed by atoms with Gasteiger partial charge in [0.2, 0.25) is 11.8 Å². The fourth-order valence-electron chi connectivity index (χ4n) is 4.25. The summed E-state index contributed by atoms with van der Waals surface area (Å²) >= 11 is 0. The van der Waals surface area contributed by atoms with E-state index in [0.717, 1.165) is 5.56 Å². The van der Waals surface area contributed by atoms with E-state index in [2.05, 4.69) is 16.3 Å². The number of nitrogens with zero attached hydrogens (tertiary/aromatic N) is 3. The molecule has 0 saturated heterocycles. The summed E-state index contributed by atoms with van der Waals surface area (Å²) in [7, 11) is 1.58. The second kappa shape index (κ2) is 8.39. The first-order valence-corrected chi connectivity index (χ1v) is 10.6. The predicted molar refractivity (Wildman–Crippen MR) is 125 cm³/mol. The third kappa shape index (κ3) is 3.55. The number of benzene rings is 2. The number of nitriles is 1. The van der Waals surface area contributed by atoms with E-state index < -0.39 is 10.8 Å². The second-order valence-corrected chi connectivity index (χ2v) is 7.88. The van der Waals surface area contributed by atoms with E-state index in [1.54, 1.807) is 38.3 Å². The minimum absolute atomic E-state index is 0.00715. The zero-order chi connectivity index (χ0) is 24.7. The molecular weight excluding hydrogens is 450 g/mol. The number of nitro benzene ring substituents is 1. The quantitative estimate of drug-likeness (QED) is 0.313. The summed E-state index contributed by atoms with van der Waals surface area (Å²) in [6.07, 6.45) is 0. The van der Waals surface area contributed by atoms with Crippen molar-refractivity contribution in [1.29, 1.82) is 5.26 Å². The molecule has 0 spiro atoms. The predicted octanol–water partition coefficient (Wildman–Crippen LogP) is 4.78. The van der Waals surface area contributed by atoms with Crippen LogP contribution in [-0.2, 0) is 0 Å². The number of nitro groups is 1. The third-order valence-corrected chi connectivity index (χ3v) is 6.00. The molecule has 0 amide bonds. The Morgan fingerprint density at radius 2 is 1.97 bits per heavy atom. The number of aromatic amines is 1. The minimum atomic E-state index is -0.702. The summed E-state index contributed by atoms with van der Waals surface area (Å²) < 4.78 is 17.1. The van der Waals surface area contributed by atoms with E-state index in [4.69, 9.17) is 19.6 Å². The summed E-state index contributed by atoms with van der Waals surface area (Å²) in [5.41, 5.74) is 9.31. The van der Waals surface area contributed by atoms with Crippen LogP contribution in [0.4, 0.5) is 5.69 Å². The maximum atomic E-state index is 11.4. The number of aromatic nitrogens is 2. The second-order valence-electron chi connectivity index (χ2n) is 7.88. The average molecular weight is 469 g/mol. The number of fused-ring (bicyclic) bond motifs is 1. The van der Waals surface area contributed by atoms with Gasteiger partial charge in [0.25, 0.3) is 5.69 Å². The van der Waals surface area contributed by atoms with Crippen LogP contribution in [0, 0.1) is 28.4 Å². The van der Waals surface area contributed by atoms with Gasteiger partial charge in [0, 0.05) is 22.8 Å². The highest BCUT2D eigenvalue weighted by molar-refractivity contribution is 5.72. The van der Waals surface area contributed by atoms with Crippen LogP contribution in [0.3, 0.4) is 0 Å². The van der Waals surface area contributed by atoms with Crippen molar-refractivity contribution in [2.45, 2.75) is 12.8 Å². The lowest BCUT2D eigenvalue weighted by Crippen LogP contribution is -2.20. The topological polar surface area (TPSA) is 153 Å². The van der Waals surface area contributed by atoms with Crippen molar-refractivity contribution in [3.63, 3.8) is 0 Å². The number of H-pyrrole nitrogens is 1. The first-order valence-electron chi connectivity index (χ1n) is 10.6. The highest BCUT2D eigenvalue weighted by Gasteiger charge is 2.37. The van der Waals surface area contributed by atoms with Crippen LogP contribution in [0.2, 0.25) is 0 Å². The Hall–Kier alpha value is -5.04. The van der Waals surface area contributed by atoms with Crippen LogP contribution in [0.5, 0.6) is 11.6 Å². The van der Waals surface area contributed by atoms with E-state index in [-0.39, 0.29) is 23.0 Å². The Labute approximate surface area is 199 Å². The van der Waals surface area contributed by atoms with Gasteiger partial charge in [-0.2, -0.15) is 5.26 Å². The molecule has 174 valence electrons. The van der Waals surface area contributed by atoms with Crippen LogP contribution >= 0.6 is 0 Å². The molecule has 10 heteroatoms. The van der Waals surface area contributed by atoms with E-state index >= 15 is 0 Å². The zero-order valence-electron chi connectivity index (χ0n) is 18.7. The Morgan fingerprint density at radius 1 is 1.20 bits per heavy atom. The van der Waals surface area contributed by atoms with E-state index in [9.17, 15) is 15.4 Å². The van der Waals surface area contributed by atoms with Crippen LogP contribution in [0.1, 0.15) is 22.8 Å². The molecule has 3 heterocycles. The van der Waals surface area contributed by atoms with E-state index in [0.29, 0.717) is 39.7 Å². The summed E-state index contributed by atoms with van der Waals surface area (Å²) in [4.78, 5) is 10.9. The van der Waals surface area contributed by atoms with Crippen LogP contribution < -0.4 is 15.2 Å². The number of nitrogens with one attached hydrogen (secondary N) is 1. The van der Waals surface area contributed by atoms with Crippen molar-refractivity contribution in [2.75, 3.05) is 7.11 Å². The summed E-state index contributed by atoms with van der Waals surface area (Å²) in [5, 5.41) is 28.5. The van der Waals surface area contributed by atoms with E-state index in [1.807, 2.05) is 24.3 Å². The first-order chi connectivity index (χ1) is 16.9. The molecule has 1 unspecified atom stereocenters. The van der Waals surface area contributed by atoms with Crippen molar-refractivity contribution < 1.29 is 18.8 Å². The maximum absolute atomic E-state index is 11.4. The Kier molecular flexibility index (Phi) is 5.22. The largest absolute Gasteiger partial charge is 0.497 e. The van der Waals surface area contributed by atoms with Gasteiger partial charge in [-0.05, 0) is 43.3 Å².